The maximum absolute atomic E-state index is 13.4. The first-order valence-electron chi connectivity index (χ1n) is 7.17. The highest BCUT2D eigenvalue weighted by Crippen LogP contribution is 2.34. The molecule has 2 aliphatic heterocycles. The summed E-state index contributed by atoms with van der Waals surface area (Å²) in [6.07, 6.45) is 1.30. The molecule has 1 saturated heterocycles. The van der Waals surface area contributed by atoms with Gasteiger partial charge in [-0.3, -0.25) is 4.79 Å². The summed E-state index contributed by atoms with van der Waals surface area (Å²) in [7, 11) is 1.70. The van der Waals surface area contributed by atoms with Crippen molar-refractivity contribution in [1.29, 1.82) is 0 Å². The van der Waals surface area contributed by atoms with Crippen LogP contribution in [-0.2, 0) is 14.3 Å². The third-order valence-corrected chi connectivity index (χ3v) is 3.94. The van der Waals surface area contributed by atoms with E-state index in [1.807, 2.05) is 0 Å². The van der Waals surface area contributed by atoms with Crippen LogP contribution in [0.3, 0.4) is 0 Å². The van der Waals surface area contributed by atoms with Crippen molar-refractivity contribution in [2.45, 2.75) is 18.9 Å². The van der Waals surface area contributed by atoms with Crippen molar-refractivity contribution < 1.29 is 18.7 Å². The Labute approximate surface area is 122 Å². The normalized spacial score (nSPS) is 25.9. The third-order valence-electron chi connectivity index (χ3n) is 3.94. The molecule has 0 saturated carbocycles. The predicted molar refractivity (Wildman–Crippen MR) is 75.8 cm³/mol. The fourth-order valence-electron chi connectivity index (χ4n) is 2.91. The molecule has 4 nitrogen and oxygen atoms in total. The number of carbonyl (C=O) groups excluding carboxylic acids is 1. The highest BCUT2D eigenvalue weighted by Gasteiger charge is 2.41. The van der Waals surface area contributed by atoms with Gasteiger partial charge in [0.1, 0.15) is 5.82 Å². The average Bonchev–Trinajstić information content (AvgIpc) is 2.85. The van der Waals surface area contributed by atoms with Gasteiger partial charge in [-0.25, -0.2) is 4.39 Å². The molecule has 1 fully saturated rings. The van der Waals surface area contributed by atoms with Crippen molar-refractivity contribution in [3.05, 3.63) is 41.5 Å². The lowest BCUT2D eigenvalue weighted by Gasteiger charge is -2.26. The van der Waals surface area contributed by atoms with Crippen LogP contribution in [0.2, 0.25) is 0 Å². The molecule has 0 bridgehead atoms. The summed E-state index contributed by atoms with van der Waals surface area (Å²) in [5.41, 5.74) is 0.969. The first-order valence-corrected chi connectivity index (χ1v) is 7.17. The molecule has 0 radical (unpaired) electrons. The van der Waals surface area contributed by atoms with Crippen LogP contribution in [0.25, 0.3) is 5.57 Å². The van der Waals surface area contributed by atoms with Crippen LogP contribution < -0.4 is 5.32 Å². The van der Waals surface area contributed by atoms with Gasteiger partial charge < -0.3 is 14.8 Å². The molecule has 0 aliphatic carbocycles. The van der Waals surface area contributed by atoms with Crippen LogP contribution in [0.5, 0.6) is 0 Å². The number of halogens is 1. The molecule has 2 heterocycles. The van der Waals surface area contributed by atoms with Gasteiger partial charge in [0, 0.05) is 19.6 Å². The van der Waals surface area contributed by atoms with Crippen LogP contribution in [0.15, 0.2) is 30.1 Å². The van der Waals surface area contributed by atoms with Crippen LogP contribution >= 0.6 is 0 Å². The SMILES string of the molecule is CNC1=C(c2cccc(F)c2)C(=O)C(C2CCCOC2)O1. The van der Waals surface area contributed by atoms with Crippen molar-refractivity contribution in [2.24, 2.45) is 5.92 Å². The molecular formula is C16H18FNO3. The van der Waals surface area contributed by atoms with E-state index in [0.717, 1.165) is 19.4 Å². The zero-order valence-electron chi connectivity index (χ0n) is 11.9. The first kappa shape index (κ1) is 14.1. The lowest BCUT2D eigenvalue weighted by Crippen LogP contribution is -2.34. The van der Waals surface area contributed by atoms with E-state index in [0.29, 0.717) is 23.6 Å². The number of Topliss-reactive ketones (excluding diaryl/α,β-unsaturated/α-hetero) is 1. The molecule has 0 aromatic heterocycles. The third kappa shape index (κ3) is 2.65. The number of ketones is 1. The lowest BCUT2D eigenvalue weighted by atomic mass is 9.90. The molecule has 2 aliphatic rings. The molecule has 1 N–H and O–H groups in total. The monoisotopic (exact) mass is 291 g/mol. The predicted octanol–water partition coefficient (Wildman–Crippen LogP) is 2.11. The van der Waals surface area contributed by atoms with Crippen LogP contribution in [-0.4, -0.2) is 32.1 Å². The summed E-state index contributed by atoms with van der Waals surface area (Å²) in [4.78, 5) is 12.7. The molecule has 3 rings (SSSR count). The summed E-state index contributed by atoms with van der Waals surface area (Å²) >= 11 is 0. The van der Waals surface area contributed by atoms with Gasteiger partial charge in [0.2, 0.25) is 5.78 Å². The van der Waals surface area contributed by atoms with E-state index < -0.39 is 6.10 Å². The molecule has 21 heavy (non-hydrogen) atoms. The maximum Gasteiger partial charge on any atom is 0.209 e. The van der Waals surface area contributed by atoms with E-state index in [-0.39, 0.29) is 17.5 Å². The van der Waals surface area contributed by atoms with Gasteiger partial charge in [0.15, 0.2) is 12.0 Å². The Hall–Kier alpha value is -1.88. The molecular weight excluding hydrogens is 273 g/mol. The largest absolute Gasteiger partial charge is 0.467 e. The number of ether oxygens (including phenoxy) is 2. The van der Waals surface area contributed by atoms with E-state index in [1.165, 1.54) is 12.1 Å². The highest BCUT2D eigenvalue weighted by molar-refractivity contribution is 6.25. The Morgan fingerprint density at radius 1 is 1.38 bits per heavy atom. The van der Waals surface area contributed by atoms with Crippen molar-refractivity contribution in [1.82, 2.24) is 5.32 Å². The number of rotatable bonds is 3. The van der Waals surface area contributed by atoms with Crippen molar-refractivity contribution in [3.63, 3.8) is 0 Å². The molecule has 0 amide bonds. The number of carbonyl (C=O) groups is 1. The number of benzene rings is 1. The van der Waals surface area contributed by atoms with Gasteiger partial charge in [-0.05, 0) is 30.5 Å². The number of nitrogens with one attached hydrogen (secondary N) is 1. The van der Waals surface area contributed by atoms with Crippen LogP contribution in [0.4, 0.5) is 4.39 Å². The minimum atomic E-state index is -0.536. The van der Waals surface area contributed by atoms with Crippen LogP contribution in [0, 0.1) is 11.7 Å². The fraction of sp³-hybridized carbons (Fsp3) is 0.438. The Morgan fingerprint density at radius 2 is 2.24 bits per heavy atom. The molecule has 5 heteroatoms. The quantitative estimate of drug-likeness (QED) is 0.926. The van der Waals surface area contributed by atoms with Gasteiger partial charge >= 0.3 is 0 Å². The summed E-state index contributed by atoms with van der Waals surface area (Å²) in [5.74, 6) is 0.00925. The van der Waals surface area contributed by atoms with E-state index in [2.05, 4.69) is 5.32 Å². The van der Waals surface area contributed by atoms with Crippen molar-refractivity contribution in [3.8, 4) is 0 Å². The molecule has 112 valence electrons. The van der Waals surface area contributed by atoms with E-state index >= 15 is 0 Å². The summed E-state index contributed by atoms with van der Waals surface area (Å²) in [6, 6.07) is 6.02. The first-order chi connectivity index (χ1) is 10.2. The van der Waals surface area contributed by atoms with Gasteiger partial charge in [-0.15, -0.1) is 0 Å². The minimum absolute atomic E-state index is 0.0562. The summed E-state index contributed by atoms with van der Waals surface area (Å²) in [6.45, 7) is 1.27. The lowest BCUT2D eigenvalue weighted by molar-refractivity contribution is -0.125. The Morgan fingerprint density at radius 3 is 2.90 bits per heavy atom. The summed E-state index contributed by atoms with van der Waals surface area (Å²) < 4.78 is 24.6. The second-order valence-electron chi connectivity index (χ2n) is 5.34. The second-order valence-corrected chi connectivity index (χ2v) is 5.34. The van der Waals surface area contributed by atoms with Gasteiger partial charge in [-0.2, -0.15) is 0 Å². The van der Waals surface area contributed by atoms with Crippen molar-refractivity contribution >= 4 is 11.4 Å². The Bertz CT molecular complexity index is 579. The molecule has 0 spiro atoms. The smallest absolute Gasteiger partial charge is 0.209 e. The minimum Gasteiger partial charge on any atom is -0.467 e. The average molecular weight is 291 g/mol. The standard InChI is InChI=1S/C16H18FNO3/c1-18-16-13(10-4-2-6-12(17)8-10)14(19)15(21-16)11-5-3-7-20-9-11/h2,4,6,8,11,15,18H,3,5,7,9H2,1H3. The van der Waals surface area contributed by atoms with E-state index in [4.69, 9.17) is 9.47 Å². The molecule has 1 aromatic rings. The topological polar surface area (TPSA) is 47.6 Å². The summed E-state index contributed by atoms with van der Waals surface area (Å²) in [5, 5.41) is 2.90. The molecule has 2 unspecified atom stereocenters. The van der Waals surface area contributed by atoms with Crippen LogP contribution in [0.1, 0.15) is 18.4 Å². The molecule has 1 aromatic carbocycles. The fourth-order valence-corrected chi connectivity index (χ4v) is 2.91. The Balaban J connectivity index is 1.89. The zero-order chi connectivity index (χ0) is 14.8. The maximum atomic E-state index is 13.4. The number of hydrogen-bond acceptors (Lipinski definition) is 4. The van der Waals surface area contributed by atoms with E-state index in [1.54, 1.807) is 19.2 Å². The molecule has 2 atom stereocenters. The highest BCUT2D eigenvalue weighted by atomic mass is 19.1. The van der Waals surface area contributed by atoms with E-state index in [9.17, 15) is 9.18 Å². The van der Waals surface area contributed by atoms with Gasteiger partial charge in [0.05, 0.1) is 12.2 Å². The number of hydrogen-bond donors (Lipinski definition) is 1. The zero-order valence-corrected chi connectivity index (χ0v) is 11.9. The van der Waals surface area contributed by atoms with Gasteiger partial charge in [-0.1, -0.05) is 12.1 Å². The van der Waals surface area contributed by atoms with Crippen molar-refractivity contribution in [2.75, 3.05) is 20.3 Å². The Kier molecular flexibility index (Phi) is 3.92. The van der Waals surface area contributed by atoms with Gasteiger partial charge in [0.25, 0.3) is 0 Å². The second kappa shape index (κ2) is 5.85.